The van der Waals surface area contributed by atoms with E-state index in [1.165, 1.54) is 12.8 Å². The van der Waals surface area contributed by atoms with Crippen LogP contribution in [-0.2, 0) is 0 Å². The van der Waals surface area contributed by atoms with Gasteiger partial charge < -0.3 is 15.2 Å². The molecule has 29 heavy (non-hydrogen) atoms. The number of carbonyl (C=O) groups is 1. The van der Waals surface area contributed by atoms with Crippen LogP contribution in [-0.4, -0.2) is 70.6 Å². The highest BCUT2D eigenvalue weighted by Gasteiger charge is 2.31. The molecule has 2 saturated heterocycles. The van der Waals surface area contributed by atoms with E-state index in [-0.39, 0.29) is 24.0 Å². The van der Waals surface area contributed by atoms with Gasteiger partial charge in [-0.15, -0.1) is 12.4 Å². The van der Waals surface area contributed by atoms with Gasteiger partial charge in [-0.1, -0.05) is 12.8 Å². The number of piperazine rings is 1. The van der Waals surface area contributed by atoms with Gasteiger partial charge in [0.15, 0.2) is 0 Å². The molecule has 3 heterocycles. The lowest BCUT2D eigenvalue weighted by molar-refractivity contribution is 0.0773. The Kier molecular flexibility index (Phi) is 5.99. The molecule has 1 unspecified atom stereocenters. The maximum atomic E-state index is 13.1. The van der Waals surface area contributed by atoms with Crippen molar-refractivity contribution in [3.63, 3.8) is 0 Å². The molecular formula is C21H30ClN5O2. The Bertz CT molecular complexity index is 927. The Hall–Kier alpha value is -1.83. The van der Waals surface area contributed by atoms with Gasteiger partial charge in [0, 0.05) is 56.9 Å². The highest BCUT2D eigenvalue weighted by atomic mass is 35.5. The van der Waals surface area contributed by atoms with Gasteiger partial charge in [0.25, 0.3) is 5.91 Å². The first-order valence-corrected chi connectivity index (χ1v) is 10.7. The topological polar surface area (TPSA) is 73.4 Å². The van der Waals surface area contributed by atoms with Gasteiger partial charge in [-0.25, -0.2) is 4.79 Å². The average molecular weight is 420 g/mol. The second kappa shape index (κ2) is 8.50. The lowest BCUT2D eigenvalue weighted by atomic mass is 10.1. The summed E-state index contributed by atoms with van der Waals surface area (Å²) >= 11 is 0. The fraction of sp³-hybridized carbons (Fsp3) is 0.619. The van der Waals surface area contributed by atoms with E-state index in [1.807, 2.05) is 27.7 Å². The first kappa shape index (κ1) is 20.4. The minimum absolute atomic E-state index is 0. The SMILES string of the molecule is Cl.O=C(c1ccc2c(c1)[nH]c(=O)n2C1CCCC1)N1CCC(N2CCNCC2)C1. The quantitative estimate of drug-likeness (QED) is 0.797. The zero-order chi connectivity index (χ0) is 19.1. The van der Waals surface area contributed by atoms with Crippen LogP contribution in [0.4, 0.5) is 0 Å². The fourth-order valence-electron chi connectivity index (χ4n) is 5.24. The van der Waals surface area contributed by atoms with Crippen molar-refractivity contribution in [2.24, 2.45) is 0 Å². The van der Waals surface area contributed by atoms with Crippen molar-refractivity contribution in [2.45, 2.75) is 44.2 Å². The maximum absolute atomic E-state index is 13.1. The molecule has 5 rings (SSSR count). The third-order valence-corrected chi connectivity index (χ3v) is 6.77. The van der Waals surface area contributed by atoms with Crippen LogP contribution in [0.25, 0.3) is 11.0 Å². The van der Waals surface area contributed by atoms with Gasteiger partial charge in [-0.3, -0.25) is 14.3 Å². The number of likely N-dealkylation sites (tertiary alicyclic amines) is 1. The van der Waals surface area contributed by atoms with Gasteiger partial charge in [0.05, 0.1) is 11.0 Å². The van der Waals surface area contributed by atoms with Crippen LogP contribution in [0, 0.1) is 0 Å². The van der Waals surface area contributed by atoms with Crippen LogP contribution in [0.3, 0.4) is 0 Å². The zero-order valence-electron chi connectivity index (χ0n) is 16.7. The maximum Gasteiger partial charge on any atom is 0.326 e. The summed E-state index contributed by atoms with van der Waals surface area (Å²) in [6.07, 6.45) is 5.54. The summed E-state index contributed by atoms with van der Waals surface area (Å²) in [7, 11) is 0. The number of aromatic nitrogens is 2. The Morgan fingerprint density at radius 3 is 2.52 bits per heavy atom. The van der Waals surface area contributed by atoms with E-state index in [4.69, 9.17) is 0 Å². The van der Waals surface area contributed by atoms with Crippen LogP contribution >= 0.6 is 12.4 Å². The molecule has 2 N–H and O–H groups in total. The van der Waals surface area contributed by atoms with Crippen molar-refractivity contribution in [1.29, 1.82) is 0 Å². The van der Waals surface area contributed by atoms with Gasteiger partial charge in [-0.05, 0) is 37.5 Å². The molecule has 0 spiro atoms. The molecular weight excluding hydrogens is 390 g/mol. The molecule has 3 fully saturated rings. The van der Waals surface area contributed by atoms with Gasteiger partial charge >= 0.3 is 5.69 Å². The average Bonchev–Trinajstić information content (AvgIpc) is 3.46. The van der Waals surface area contributed by atoms with E-state index >= 15 is 0 Å². The Labute approximate surface area is 176 Å². The number of imidazole rings is 1. The molecule has 1 saturated carbocycles. The Morgan fingerprint density at radius 2 is 1.76 bits per heavy atom. The number of amides is 1. The van der Waals surface area contributed by atoms with Crippen LogP contribution in [0.15, 0.2) is 23.0 Å². The predicted octanol–water partition coefficient (Wildman–Crippen LogP) is 1.99. The summed E-state index contributed by atoms with van der Waals surface area (Å²) in [5, 5.41) is 3.39. The van der Waals surface area contributed by atoms with Gasteiger partial charge in [0.1, 0.15) is 0 Å². The Morgan fingerprint density at radius 1 is 1.00 bits per heavy atom. The smallest absolute Gasteiger partial charge is 0.326 e. The highest BCUT2D eigenvalue weighted by Crippen LogP contribution is 2.31. The number of halogens is 1. The number of aromatic amines is 1. The molecule has 1 atom stereocenters. The molecule has 158 valence electrons. The Balaban J connectivity index is 0.00000205. The van der Waals surface area contributed by atoms with E-state index in [0.29, 0.717) is 17.6 Å². The number of fused-ring (bicyclic) bond motifs is 1. The van der Waals surface area contributed by atoms with E-state index < -0.39 is 0 Å². The number of hydrogen-bond acceptors (Lipinski definition) is 4. The molecule has 8 heteroatoms. The normalized spacial score (nSPS) is 23.6. The summed E-state index contributed by atoms with van der Waals surface area (Å²) in [4.78, 5) is 33.0. The van der Waals surface area contributed by atoms with Crippen molar-refractivity contribution in [1.82, 2.24) is 24.7 Å². The molecule has 2 aliphatic heterocycles. The molecule has 0 bridgehead atoms. The summed E-state index contributed by atoms with van der Waals surface area (Å²) in [6, 6.07) is 6.46. The van der Waals surface area contributed by atoms with E-state index in [9.17, 15) is 9.59 Å². The number of H-pyrrole nitrogens is 1. The van der Waals surface area contributed by atoms with Crippen molar-refractivity contribution in [3.8, 4) is 0 Å². The summed E-state index contributed by atoms with van der Waals surface area (Å²) in [6.45, 7) is 5.81. The molecule has 1 aromatic carbocycles. The molecule has 1 amide bonds. The lowest BCUT2D eigenvalue weighted by Gasteiger charge is -2.32. The third kappa shape index (κ3) is 3.83. The number of benzene rings is 1. The minimum atomic E-state index is -0.0496. The van der Waals surface area contributed by atoms with E-state index in [2.05, 4.69) is 15.2 Å². The highest BCUT2D eigenvalue weighted by molar-refractivity contribution is 5.97. The molecule has 1 aromatic heterocycles. The largest absolute Gasteiger partial charge is 0.337 e. The van der Waals surface area contributed by atoms with Crippen molar-refractivity contribution < 1.29 is 4.79 Å². The number of nitrogens with zero attached hydrogens (tertiary/aromatic N) is 3. The van der Waals surface area contributed by atoms with Crippen molar-refractivity contribution in [2.75, 3.05) is 39.3 Å². The number of rotatable bonds is 3. The van der Waals surface area contributed by atoms with Crippen LogP contribution in [0.1, 0.15) is 48.5 Å². The van der Waals surface area contributed by atoms with Crippen molar-refractivity contribution in [3.05, 3.63) is 34.2 Å². The molecule has 2 aromatic rings. The monoisotopic (exact) mass is 419 g/mol. The zero-order valence-corrected chi connectivity index (χ0v) is 17.5. The lowest BCUT2D eigenvalue weighted by Crippen LogP contribution is -2.49. The van der Waals surface area contributed by atoms with Gasteiger partial charge in [-0.2, -0.15) is 0 Å². The molecule has 1 aliphatic carbocycles. The summed E-state index contributed by atoms with van der Waals surface area (Å²) in [5.74, 6) is 0.0778. The van der Waals surface area contributed by atoms with Crippen LogP contribution in [0.5, 0.6) is 0 Å². The van der Waals surface area contributed by atoms with E-state index in [0.717, 1.165) is 69.6 Å². The van der Waals surface area contributed by atoms with Crippen molar-refractivity contribution >= 4 is 29.3 Å². The summed E-state index contributed by atoms with van der Waals surface area (Å²) < 4.78 is 1.90. The van der Waals surface area contributed by atoms with E-state index in [1.54, 1.807) is 0 Å². The number of hydrogen-bond donors (Lipinski definition) is 2. The number of nitrogens with one attached hydrogen (secondary N) is 2. The standard InChI is InChI=1S/C21H29N5O2.ClH/c27-20(25-10-7-17(14-25)24-11-8-22-9-12-24)15-5-6-19-18(13-15)23-21(28)26(19)16-3-1-2-4-16;/h5-6,13,16-17,22H,1-4,7-12,14H2,(H,23,28);1H. The second-order valence-electron chi connectivity index (χ2n) is 8.45. The third-order valence-electron chi connectivity index (χ3n) is 6.77. The minimum Gasteiger partial charge on any atom is -0.337 e. The van der Waals surface area contributed by atoms with Gasteiger partial charge in [0.2, 0.25) is 0 Å². The molecule has 0 radical (unpaired) electrons. The number of carbonyl (C=O) groups excluding carboxylic acids is 1. The second-order valence-corrected chi connectivity index (χ2v) is 8.45. The van der Waals surface area contributed by atoms with Crippen LogP contribution in [0.2, 0.25) is 0 Å². The predicted molar refractivity (Wildman–Crippen MR) is 116 cm³/mol. The van der Waals surface area contributed by atoms with Crippen LogP contribution < -0.4 is 11.0 Å². The molecule has 3 aliphatic rings. The summed E-state index contributed by atoms with van der Waals surface area (Å²) in [5.41, 5.74) is 2.33. The molecule has 7 nitrogen and oxygen atoms in total. The first-order valence-electron chi connectivity index (χ1n) is 10.7. The first-order chi connectivity index (χ1) is 13.7. The fourth-order valence-corrected chi connectivity index (χ4v) is 5.24.